The molecule has 0 aliphatic carbocycles. The summed E-state index contributed by atoms with van der Waals surface area (Å²) in [6.07, 6.45) is 2.48. The molecule has 0 unspecified atom stereocenters. The van der Waals surface area contributed by atoms with Gasteiger partial charge >= 0.3 is 0 Å². The van der Waals surface area contributed by atoms with Gasteiger partial charge in [0.15, 0.2) is 0 Å². The predicted molar refractivity (Wildman–Crippen MR) is 96.0 cm³/mol. The average molecular weight is 417 g/mol. The Hall–Kier alpha value is -1.000. The number of H-pyrrole nitrogens is 1. The van der Waals surface area contributed by atoms with Gasteiger partial charge < -0.3 is 4.98 Å². The van der Waals surface area contributed by atoms with E-state index in [0.717, 1.165) is 27.1 Å². The molecular formula is C16H10BrCl3N2. The molecule has 0 saturated heterocycles. The van der Waals surface area contributed by atoms with Gasteiger partial charge in [-0.3, -0.25) is 0 Å². The molecule has 0 spiro atoms. The second kappa shape index (κ2) is 6.63. The summed E-state index contributed by atoms with van der Waals surface area (Å²) in [6.45, 7) is 0. The van der Waals surface area contributed by atoms with Crippen LogP contribution >= 0.6 is 50.7 Å². The zero-order chi connectivity index (χ0) is 15.7. The van der Waals surface area contributed by atoms with Crippen LogP contribution in [-0.4, -0.2) is 9.97 Å². The second-order valence-corrected chi connectivity index (χ2v) is 6.81. The fraction of sp³-hybridized carbons (Fsp3) is 0.0625. The minimum Gasteiger partial charge on any atom is -0.348 e. The van der Waals surface area contributed by atoms with E-state index in [9.17, 15) is 0 Å². The van der Waals surface area contributed by atoms with Crippen molar-refractivity contribution in [3.63, 3.8) is 0 Å². The maximum atomic E-state index is 6.05. The Morgan fingerprint density at radius 1 is 1.05 bits per heavy atom. The van der Waals surface area contributed by atoms with Crippen molar-refractivity contribution in [3.8, 4) is 11.3 Å². The van der Waals surface area contributed by atoms with Crippen molar-refractivity contribution >= 4 is 50.7 Å². The van der Waals surface area contributed by atoms with Gasteiger partial charge in [0, 0.05) is 22.7 Å². The molecule has 0 fully saturated rings. The molecule has 3 aromatic rings. The third-order valence-electron chi connectivity index (χ3n) is 3.20. The van der Waals surface area contributed by atoms with Crippen LogP contribution in [0.5, 0.6) is 0 Å². The van der Waals surface area contributed by atoms with Crippen molar-refractivity contribution < 1.29 is 0 Å². The molecule has 0 amide bonds. The highest BCUT2D eigenvalue weighted by Gasteiger charge is 2.10. The topological polar surface area (TPSA) is 28.7 Å². The number of halogens is 4. The fourth-order valence-electron chi connectivity index (χ4n) is 2.16. The summed E-state index contributed by atoms with van der Waals surface area (Å²) in [4.78, 5) is 7.80. The Kier molecular flexibility index (Phi) is 4.79. The smallest absolute Gasteiger partial charge is 0.111 e. The van der Waals surface area contributed by atoms with Crippen LogP contribution in [0.15, 0.2) is 47.1 Å². The first-order chi connectivity index (χ1) is 10.5. The number of benzene rings is 2. The molecule has 1 aromatic heterocycles. The molecule has 0 aliphatic rings. The van der Waals surface area contributed by atoms with E-state index < -0.39 is 0 Å². The molecular weight excluding hydrogens is 406 g/mol. The van der Waals surface area contributed by atoms with Gasteiger partial charge in [0.25, 0.3) is 0 Å². The Balaban J connectivity index is 1.88. The lowest BCUT2D eigenvalue weighted by molar-refractivity contribution is 1.03. The summed E-state index contributed by atoms with van der Waals surface area (Å²) in [6, 6.07) is 11.6. The molecule has 0 bridgehead atoms. The SMILES string of the molecule is Clc1cc(Cc2nc(-c3ccccc3Br)c[nH]2)cc(Cl)c1Cl. The standard InChI is InChI=1S/C16H10BrCl3N2/c17-11-4-2-1-3-10(11)14-8-21-15(22-14)7-9-5-12(18)16(20)13(19)6-9/h1-6,8H,7H2,(H,21,22). The average Bonchev–Trinajstić information content (AvgIpc) is 2.93. The molecule has 3 rings (SSSR count). The van der Waals surface area contributed by atoms with E-state index in [1.54, 1.807) is 12.1 Å². The van der Waals surface area contributed by atoms with E-state index >= 15 is 0 Å². The zero-order valence-corrected chi connectivity index (χ0v) is 15.1. The number of rotatable bonds is 3. The van der Waals surface area contributed by atoms with E-state index in [2.05, 4.69) is 25.9 Å². The van der Waals surface area contributed by atoms with Crippen LogP contribution in [0, 0.1) is 0 Å². The molecule has 6 heteroatoms. The summed E-state index contributed by atoms with van der Waals surface area (Å²) < 4.78 is 1.01. The number of hydrogen-bond donors (Lipinski definition) is 1. The van der Waals surface area contributed by atoms with Gasteiger partial charge in [-0.25, -0.2) is 4.98 Å². The van der Waals surface area contributed by atoms with Crippen LogP contribution in [0.4, 0.5) is 0 Å². The van der Waals surface area contributed by atoms with Crippen molar-refractivity contribution in [1.82, 2.24) is 9.97 Å². The first kappa shape index (κ1) is 15.9. The van der Waals surface area contributed by atoms with E-state index in [0.29, 0.717) is 21.5 Å². The molecule has 112 valence electrons. The normalized spacial score (nSPS) is 10.9. The predicted octanol–water partition coefficient (Wildman–Crippen LogP) is 6.39. The van der Waals surface area contributed by atoms with Crippen LogP contribution in [0.25, 0.3) is 11.3 Å². The maximum Gasteiger partial charge on any atom is 0.111 e. The third-order valence-corrected chi connectivity index (χ3v) is 5.08. The third kappa shape index (κ3) is 3.33. The number of hydrogen-bond acceptors (Lipinski definition) is 1. The Labute approximate surface area is 151 Å². The molecule has 0 atom stereocenters. The molecule has 0 radical (unpaired) electrons. The van der Waals surface area contributed by atoms with Crippen molar-refractivity contribution in [2.75, 3.05) is 0 Å². The van der Waals surface area contributed by atoms with Crippen LogP contribution in [0.1, 0.15) is 11.4 Å². The highest BCUT2D eigenvalue weighted by atomic mass is 79.9. The molecule has 1 N–H and O–H groups in total. The number of imidazole rings is 1. The first-order valence-electron chi connectivity index (χ1n) is 6.47. The summed E-state index contributed by atoms with van der Waals surface area (Å²) >= 11 is 21.6. The van der Waals surface area contributed by atoms with Gasteiger partial charge in [-0.15, -0.1) is 0 Å². The number of nitrogens with zero attached hydrogens (tertiary/aromatic N) is 1. The summed E-state index contributed by atoms with van der Waals surface area (Å²) in [5.41, 5.74) is 2.87. The molecule has 2 aromatic carbocycles. The van der Waals surface area contributed by atoms with E-state index in [4.69, 9.17) is 34.8 Å². The van der Waals surface area contributed by atoms with Crippen LogP contribution < -0.4 is 0 Å². The van der Waals surface area contributed by atoms with E-state index in [1.165, 1.54) is 0 Å². The van der Waals surface area contributed by atoms with Gasteiger partial charge in [-0.05, 0) is 23.8 Å². The van der Waals surface area contributed by atoms with Crippen molar-refractivity contribution in [2.24, 2.45) is 0 Å². The van der Waals surface area contributed by atoms with Crippen LogP contribution in [-0.2, 0) is 6.42 Å². The lowest BCUT2D eigenvalue weighted by atomic mass is 10.1. The highest BCUT2D eigenvalue weighted by Crippen LogP contribution is 2.32. The Morgan fingerprint density at radius 2 is 1.73 bits per heavy atom. The molecule has 0 saturated carbocycles. The lowest BCUT2D eigenvalue weighted by Crippen LogP contribution is -1.92. The van der Waals surface area contributed by atoms with Gasteiger partial charge in [-0.2, -0.15) is 0 Å². The minimum atomic E-state index is 0.375. The Bertz CT molecular complexity index is 807. The first-order valence-corrected chi connectivity index (χ1v) is 8.40. The quantitative estimate of drug-likeness (QED) is 0.492. The molecule has 1 heterocycles. The van der Waals surface area contributed by atoms with E-state index in [1.807, 2.05) is 30.5 Å². The summed E-state index contributed by atoms with van der Waals surface area (Å²) in [5.74, 6) is 0.834. The minimum absolute atomic E-state index is 0.375. The number of aromatic nitrogens is 2. The van der Waals surface area contributed by atoms with Gasteiger partial charge in [0.05, 0.1) is 20.8 Å². The number of nitrogens with one attached hydrogen (secondary N) is 1. The fourth-order valence-corrected chi connectivity index (χ4v) is 3.29. The lowest BCUT2D eigenvalue weighted by Gasteiger charge is -2.04. The molecule has 0 aliphatic heterocycles. The van der Waals surface area contributed by atoms with Crippen LogP contribution in [0.3, 0.4) is 0 Å². The molecule has 2 nitrogen and oxygen atoms in total. The second-order valence-electron chi connectivity index (χ2n) is 4.76. The summed E-state index contributed by atoms with van der Waals surface area (Å²) in [5, 5.41) is 1.27. The number of aromatic amines is 1. The summed E-state index contributed by atoms with van der Waals surface area (Å²) in [7, 11) is 0. The monoisotopic (exact) mass is 414 g/mol. The van der Waals surface area contributed by atoms with Crippen molar-refractivity contribution in [1.29, 1.82) is 0 Å². The van der Waals surface area contributed by atoms with Gasteiger partial charge in [0.2, 0.25) is 0 Å². The maximum absolute atomic E-state index is 6.05. The largest absolute Gasteiger partial charge is 0.348 e. The van der Waals surface area contributed by atoms with Crippen molar-refractivity contribution in [3.05, 3.63) is 73.5 Å². The van der Waals surface area contributed by atoms with Gasteiger partial charge in [-0.1, -0.05) is 68.9 Å². The molecule has 22 heavy (non-hydrogen) atoms. The van der Waals surface area contributed by atoms with Crippen molar-refractivity contribution in [2.45, 2.75) is 6.42 Å². The van der Waals surface area contributed by atoms with Crippen LogP contribution in [0.2, 0.25) is 15.1 Å². The highest BCUT2D eigenvalue weighted by molar-refractivity contribution is 9.10. The van der Waals surface area contributed by atoms with Gasteiger partial charge in [0.1, 0.15) is 5.82 Å². The Morgan fingerprint density at radius 3 is 2.41 bits per heavy atom. The van der Waals surface area contributed by atoms with E-state index in [-0.39, 0.29) is 0 Å². The zero-order valence-electron chi connectivity index (χ0n) is 11.2.